The maximum Gasteiger partial charge on any atom is 0.336 e. The molecule has 4 aromatic rings. The second kappa shape index (κ2) is 10.6. The number of carbonyl (C=O) groups is 3. The molecule has 2 amide bonds. The van der Waals surface area contributed by atoms with Crippen molar-refractivity contribution < 1.29 is 19.5 Å². The van der Waals surface area contributed by atoms with E-state index in [4.69, 9.17) is 5.73 Å². The number of amides is 2. The van der Waals surface area contributed by atoms with Gasteiger partial charge >= 0.3 is 5.97 Å². The van der Waals surface area contributed by atoms with Gasteiger partial charge in [-0.1, -0.05) is 29.8 Å². The Morgan fingerprint density at radius 3 is 2.45 bits per heavy atom. The highest BCUT2D eigenvalue weighted by atomic mass is 16.4. The highest BCUT2D eigenvalue weighted by molar-refractivity contribution is 6.00. The molecule has 0 unspecified atom stereocenters. The average Bonchev–Trinajstić information content (AvgIpc) is 3.24. The van der Waals surface area contributed by atoms with Crippen molar-refractivity contribution in [1.29, 1.82) is 5.26 Å². The molecule has 3 aromatic carbocycles. The second-order valence-corrected chi connectivity index (χ2v) is 9.31. The summed E-state index contributed by atoms with van der Waals surface area (Å²) in [7, 11) is 1.49. The summed E-state index contributed by atoms with van der Waals surface area (Å²) in [4.78, 5) is 37.8. The molecule has 3 N–H and O–H groups in total. The molecule has 0 saturated heterocycles. The minimum Gasteiger partial charge on any atom is -0.478 e. The predicted octanol–water partition coefficient (Wildman–Crippen LogP) is 4.35. The van der Waals surface area contributed by atoms with Gasteiger partial charge in [0.15, 0.2) is 0 Å². The second-order valence-electron chi connectivity index (χ2n) is 9.31. The maximum absolute atomic E-state index is 13.1. The summed E-state index contributed by atoms with van der Waals surface area (Å²) in [5, 5.41) is 20.3. The van der Waals surface area contributed by atoms with E-state index in [1.165, 1.54) is 11.9 Å². The van der Waals surface area contributed by atoms with Gasteiger partial charge in [-0.2, -0.15) is 5.26 Å². The molecule has 4 rings (SSSR count). The van der Waals surface area contributed by atoms with E-state index in [0.29, 0.717) is 28.7 Å². The number of primary amides is 1. The number of aromatic carboxylic acids is 1. The van der Waals surface area contributed by atoms with Crippen LogP contribution < -0.4 is 5.73 Å². The molecule has 1 heterocycles. The van der Waals surface area contributed by atoms with Crippen molar-refractivity contribution >= 4 is 28.7 Å². The number of aromatic nitrogens is 1. The lowest BCUT2D eigenvalue weighted by atomic mass is 9.89. The van der Waals surface area contributed by atoms with E-state index in [1.54, 1.807) is 30.3 Å². The van der Waals surface area contributed by atoms with Gasteiger partial charge in [0.2, 0.25) is 5.91 Å². The molecule has 8 nitrogen and oxygen atoms in total. The summed E-state index contributed by atoms with van der Waals surface area (Å²) >= 11 is 0. The first-order valence-corrected chi connectivity index (χ1v) is 12.2. The van der Waals surface area contributed by atoms with E-state index < -0.39 is 17.8 Å². The molecule has 0 fully saturated rings. The minimum absolute atomic E-state index is 0.135. The lowest BCUT2D eigenvalue weighted by Crippen LogP contribution is -2.35. The number of likely N-dealkylation sites (N-methyl/N-ethyl adjacent to an activating group) is 1. The number of carbonyl (C=O) groups excluding carboxylic acids is 2. The van der Waals surface area contributed by atoms with Gasteiger partial charge < -0.3 is 20.3 Å². The van der Waals surface area contributed by atoms with E-state index in [1.807, 2.05) is 44.3 Å². The number of carboxylic acids is 1. The number of nitrogens with two attached hydrogens (primary N) is 1. The molecule has 0 radical (unpaired) electrons. The fourth-order valence-corrected chi connectivity index (χ4v) is 4.76. The number of hydrogen-bond acceptors (Lipinski definition) is 4. The molecule has 0 aliphatic heterocycles. The van der Waals surface area contributed by atoms with Gasteiger partial charge in [0.1, 0.15) is 0 Å². The largest absolute Gasteiger partial charge is 0.478 e. The van der Waals surface area contributed by atoms with Crippen LogP contribution in [0.2, 0.25) is 0 Å². The van der Waals surface area contributed by atoms with Gasteiger partial charge in [-0.05, 0) is 66.4 Å². The number of nitrogens with zero attached hydrogens (tertiary/aromatic N) is 3. The van der Waals surface area contributed by atoms with Gasteiger partial charge in [0.25, 0.3) is 5.91 Å². The molecule has 0 spiro atoms. The highest BCUT2D eigenvalue weighted by Crippen LogP contribution is 2.33. The van der Waals surface area contributed by atoms with Crippen LogP contribution in [0.15, 0.2) is 60.8 Å². The SMILES string of the molecule is CCn1cc(Cc2ccc(C(=O)N(C)CC(N)=O)cc2-c2ccc(C)cc2C(=O)O)c2ccc(C#N)cc21. The van der Waals surface area contributed by atoms with Crippen LogP contribution in [0.25, 0.3) is 22.0 Å². The Morgan fingerprint density at radius 2 is 1.79 bits per heavy atom. The van der Waals surface area contributed by atoms with Crippen molar-refractivity contribution in [2.45, 2.75) is 26.8 Å². The fourth-order valence-electron chi connectivity index (χ4n) is 4.76. The third-order valence-corrected chi connectivity index (χ3v) is 6.61. The summed E-state index contributed by atoms with van der Waals surface area (Å²) in [6.45, 7) is 4.34. The van der Waals surface area contributed by atoms with E-state index >= 15 is 0 Å². The van der Waals surface area contributed by atoms with E-state index in [2.05, 4.69) is 10.6 Å². The Balaban J connectivity index is 1.89. The van der Waals surface area contributed by atoms with Crippen molar-refractivity contribution in [2.24, 2.45) is 5.73 Å². The normalized spacial score (nSPS) is 10.8. The number of carboxylic acid groups (broad SMARTS) is 1. The third-order valence-electron chi connectivity index (χ3n) is 6.61. The molecule has 0 atom stereocenters. The smallest absolute Gasteiger partial charge is 0.336 e. The Bertz CT molecular complexity index is 1630. The predicted molar refractivity (Wildman–Crippen MR) is 145 cm³/mol. The first kappa shape index (κ1) is 26.2. The average molecular weight is 509 g/mol. The Hall–Kier alpha value is -4.90. The lowest BCUT2D eigenvalue weighted by molar-refractivity contribution is -0.118. The van der Waals surface area contributed by atoms with E-state index in [9.17, 15) is 24.8 Å². The maximum atomic E-state index is 13.1. The molecule has 1 aromatic heterocycles. The molecular weight excluding hydrogens is 480 g/mol. The summed E-state index contributed by atoms with van der Waals surface area (Å²) in [6, 6.07) is 18.2. The van der Waals surface area contributed by atoms with Crippen LogP contribution in [0, 0.1) is 18.3 Å². The van der Waals surface area contributed by atoms with Crippen molar-refractivity contribution in [1.82, 2.24) is 9.47 Å². The molecule has 0 aliphatic carbocycles. The molecule has 0 aliphatic rings. The molecule has 0 saturated carbocycles. The summed E-state index contributed by atoms with van der Waals surface area (Å²) < 4.78 is 2.08. The van der Waals surface area contributed by atoms with E-state index in [-0.39, 0.29) is 12.1 Å². The quantitative estimate of drug-likeness (QED) is 0.365. The first-order chi connectivity index (χ1) is 18.1. The van der Waals surface area contributed by atoms with Crippen molar-refractivity contribution in [3.05, 3.63) is 94.2 Å². The molecule has 0 bridgehead atoms. The van der Waals surface area contributed by atoms with Crippen LogP contribution in [0.4, 0.5) is 0 Å². The Morgan fingerprint density at radius 1 is 1.03 bits per heavy atom. The van der Waals surface area contributed by atoms with Crippen molar-refractivity contribution in [3.8, 4) is 17.2 Å². The number of aryl methyl sites for hydroxylation is 2. The minimum atomic E-state index is -1.07. The van der Waals surface area contributed by atoms with Gasteiger partial charge in [0.05, 0.1) is 23.7 Å². The lowest BCUT2D eigenvalue weighted by Gasteiger charge is -2.18. The first-order valence-electron chi connectivity index (χ1n) is 12.2. The zero-order valence-corrected chi connectivity index (χ0v) is 21.5. The zero-order valence-electron chi connectivity index (χ0n) is 21.5. The number of fused-ring (bicyclic) bond motifs is 1. The topological polar surface area (TPSA) is 129 Å². The van der Waals surface area contributed by atoms with Gasteiger partial charge in [-0.3, -0.25) is 9.59 Å². The van der Waals surface area contributed by atoms with Gasteiger partial charge in [-0.25, -0.2) is 4.79 Å². The number of rotatable bonds is 8. The Kier molecular flexibility index (Phi) is 7.31. The summed E-state index contributed by atoms with van der Waals surface area (Å²) in [6.07, 6.45) is 2.52. The fraction of sp³-hybridized carbons (Fsp3) is 0.200. The molecule has 192 valence electrons. The Labute approximate surface area is 220 Å². The molecule has 8 heteroatoms. The van der Waals surface area contributed by atoms with E-state index in [0.717, 1.165) is 34.1 Å². The monoisotopic (exact) mass is 508 g/mol. The van der Waals surface area contributed by atoms with Crippen LogP contribution in [0.3, 0.4) is 0 Å². The standard InChI is InChI=1S/C30H28N4O4/c1-4-34-16-22(23-10-6-19(15-31)12-27(23)34)13-20-7-8-21(29(36)33(3)17-28(32)35)14-25(20)24-9-5-18(2)11-26(24)30(37)38/h5-12,14,16H,4,13,17H2,1-3H3,(H2,32,35)(H,37,38). The van der Waals surface area contributed by atoms with Crippen LogP contribution in [0.1, 0.15) is 49.9 Å². The number of hydrogen-bond donors (Lipinski definition) is 2. The summed E-state index contributed by atoms with van der Waals surface area (Å²) in [5.41, 5.74) is 11.0. The summed E-state index contributed by atoms with van der Waals surface area (Å²) in [5.74, 6) is -2.09. The molecule has 38 heavy (non-hydrogen) atoms. The van der Waals surface area contributed by atoms with Crippen molar-refractivity contribution in [2.75, 3.05) is 13.6 Å². The zero-order chi connectivity index (χ0) is 27.6. The molecular formula is C30H28N4O4. The van der Waals surface area contributed by atoms with Gasteiger partial charge in [-0.15, -0.1) is 0 Å². The number of nitriles is 1. The number of benzene rings is 3. The third kappa shape index (κ3) is 5.13. The highest BCUT2D eigenvalue weighted by Gasteiger charge is 2.20. The van der Waals surface area contributed by atoms with Crippen molar-refractivity contribution in [3.63, 3.8) is 0 Å². The van der Waals surface area contributed by atoms with Crippen LogP contribution in [0.5, 0.6) is 0 Å². The van der Waals surface area contributed by atoms with Crippen LogP contribution >= 0.6 is 0 Å². The van der Waals surface area contributed by atoms with Crippen LogP contribution in [-0.2, 0) is 17.8 Å². The van der Waals surface area contributed by atoms with Crippen LogP contribution in [-0.4, -0.2) is 45.9 Å². The van der Waals surface area contributed by atoms with Gasteiger partial charge in [0, 0.05) is 42.7 Å².